The van der Waals surface area contributed by atoms with Crippen LogP contribution in [-0.2, 0) is 0 Å². The molecule has 2 heteroatoms. The zero-order chi connectivity index (χ0) is 33.0. The lowest BCUT2D eigenvalue weighted by Gasteiger charge is -2.11. The minimum Gasteiger partial charge on any atom is -0.309 e. The second-order valence-corrected chi connectivity index (χ2v) is 14.0. The summed E-state index contributed by atoms with van der Waals surface area (Å²) in [6.45, 7) is 0. The maximum Gasteiger partial charge on any atom is 0.0554 e. The van der Waals surface area contributed by atoms with Crippen LogP contribution in [0.4, 0.5) is 0 Å². The molecule has 0 unspecified atom stereocenters. The molecule has 0 radical (unpaired) electrons. The molecule has 0 bridgehead atoms. The van der Waals surface area contributed by atoms with Gasteiger partial charge in [0.1, 0.15) is 0 Å². The van der Waals surface area contributed by atoms with E-state index in [9.17, 15) is 0 Å². The van der Waals surface area contributed by atoms with E-state index in [1.54, 1.807) is 0 Å². The van der Waals surface area contributed by atoms with Crippen LogP contribution in [-0.4, -0.2) is 4.57 Å². The first-order valence-corrected chi connectivity index (χ1v) is 17.9. The van der Waals surface area contributed by atoms with E-state index >= 15 is 0 Å². The molecule has 0 spiro atoms. The first-order chi connectivity index (χ1) is 24.8. The summed E-state index contributed by atoms with van der Waals surface area (Å²) in [6.07, 6.45) is 0. The number of hydrogen-bond acceptors (Lipinski definition) is 1. The van der Waals surface area contributed by atoms with Gasteiger partial charge < -0.3 is 4.57 Å². The summed E-state index contributed by atoms with van der Waals surface area (Å²) in [7, 11) is 0. The number of hydrogen-bond donors (Lipinski definition) is 0. The Labute approximate surface area is 295 Å². The monoisotopic (exact) mass is 653 g/mol. The summed E-state index contributed by atoms with van der Waals surface area (Å²) < 4.78 is 5.11. The van der Waals surface area contributed by atoms with E-state index in [0.717, 1.165) is 5.69 Å². The Morgan fingerprint density at radius 3 is 1.50 bits per heavy atom. The Hall–Kier alpha value is -6.22. The highest BCUT2D eigenvalue weighted by Crippen LogP contribution is 2.48. The predicted molar refractivity (Wildman–Crippen MR) is 215 cm³/mol. The molecule has 1 nitrogen and oxygen atoms in total. The van der Waals surface area contributed by atoms with Crippen molar-refractivity contribution in [2.75, 3.05) is 0 Å². The Morgan fingerprint density at radius 2 is 0.840 bits per heavy atom. The zero-order valence-corrected chi connectivity index (χ0v) is 28.1. The van der Waals surface area contributed by atoms with Crippen LogP contribution in [0.2, 0.25) is 0 Å². The fourth-order valence-electron chi connectivity index (χ4n) is 7.61. The van der Waals surface area contributed by atoms with Crippen molar-refractivity contribution in [3.63, 3.8) is 0 Å². The van der Waals surface area contributed by atoms with E-state index in [-0.39, 0.29) is 0 Å². The van der Waals surface area contributed by atoms with Crippen LogP contribution in [0.1, 0.15) is 0 Å². The van der Waals surface area contributed by atoms with Gasteiger partial charge in [-0.15, -0.1) is 11.3 Å². The van der Waals surface area contributed by atoms with Crippen molar-refractivity contribution < 1.29 is 0 Å². The summed E-state index contributed by atoms with van der Waals surface area (Å²) in [4.78, 5) is 0. The van der Waals surface area contributed by atoms with Gasteiger partial charge in [0, 0.05) is 42.2 Å². The topological polar surface area (TPSA) is 4.93 Å². The minimum atomic E-state index is 1.16. The van der Waals surface area contributed by atoms with Crippen molar-refractivity contribution in [3.05, 3.63) is 188 Å². The molecule has 0 fully saturated rings. The molecule has 0 saturated carbocycles. The van der Waals surface area contributed by atoms with Gasteiger partial charge in [-0.2, -0.15) is 0 Å². The third kappa shape index (κ3) is 4.69. The van der Waals surface area contributed by atoms with Crippen LogP contribution < -0.4 is 0 Å². The largest absolute Gasteiger partial charge is 0.309 e. The van der Waals surface area contributed by atoms with Gasteiger partial charge in [-0.25, -0.2) is 0 Å². The van der Waals surface area contributed by atoms with Gasteiger partial charge in [0.15, 0.2) is 0 Å². The maximum atomic E-state index is 2.48. The van der Waals surface area contributed by atoms with E-state index < -0.39 is 0 Å². The standard InChI is InChI=1S/C48H31NS/c1-5-13-32(14-6-1)34-21-23-35(24-22-34)38-25-27-40-43(30-38)49(39-19-11-4-12-20-39)44-31-41(36-17-9-3-10-18-36)48-47(46(40)44)42-29-37(26-28-45(42)50-48)33-15-7-2-8-16-33/h1-31H. The molecule has 0 aliphatic rings. The molecular formula is C48H31NS. The normalized spacial score (nSPS) is 11.6. The Kier molecular flexibility index (Phi) is 6.75. The summed E-state index contributed by atoms with van der Waals surface area (Å²) in [5.41, 5.74) is 13.4. The average Bonchev–Trinajstić information content (AvgIpc) is 3.74. The summed E-state index contributed by atoms with van der Waals surface area (Å²) >= 11 is 1.91. The molecule has 0 saturated heterocycles. The quantitative estimate of drug-likeness (QED) is 0.174. The predicted octanol–water partition coefficient (Wildman–Crippen LogP) is 13.8. The highest BCUT2D eigenvalue weighted by molar-refractivity contribution is 7.26. The zero-order valence-electron chi connectivity index (χ0n) is 27.3. The lowest BCUT2D eigenvalue weighted by molar-refractivity contribution is 1.18. The van der Waals surface area contributed by atoms with Crippen LogP contribution in [0.5, 0.6) is 0 Å². The van der Waals surface area contributed by atoms with Crippen LogP contribution >= 0.6 is 11.3 Å². The molecule has 0 aliphatic heterocycles. The molecule has 10 aromatic rings. The minimum absolute atomic E-state index is 1.16. The lowest BCUT2D eigenvalue weighted by atomic mass is 9.96. The Balaban J connectivity index is 1.29. The summed E-state index contributed by atoms with van der Waals surface area (Å²) in [5.74, 6) is 0. The SMILES string of the molecule is c1ccc(-c2ccc(-c3ccc4c5c6c(sc7ccc(-c8ccccc8)cc76)c(-c6ccccc6)cc5n(-c5ccccc5)c4c3)cc2)cc1. The molecule has 234 valence electrons. The fraction of sp³-hybridized carbons (Fsp3) is 0. The second kappa shape index (κ2) is 11.7. The van der Waals surface area contributed by atoms with Crippen molar-refractivity contribution in [2.24, 2.45) is 0 Å². The molecule has 0 amide bonds. The first-order valence-electron chi connectivity index (χ1n) is 17.1. The van der Waals surface area contributed by atoms with Crippen LogP contribution in [0.15, 0.2) is 188 Å². The van der Waals surface area contributed by atoms with Crippen molar-refractivity contribution in [2.45, 2.75) is 0 Å². The fourth-order valence-corrected chi connectivity index (χ4v) is 8.84. The van der Waals surface area contributed by atoms with E-state index in [1.807, 2.05) is 11.3 Å². The summed E-state index contributed by atoms with van der Waals surface area (Å²) in [5, 5.41) is 5.21. The number of benzene rings is 8. The van der Waals surface area contributed by atoms with E-state index in [2.05, 4.69) is 193 Å². The number of fused-ring (bicyclic) bond motifs is 7. The molecular weight excluding hydrogens is 623 g/mol. The van der Waals surface area contributed by atoms with Gasteiger partial charge in [-0.05, 0) is 75.3 Å². The number of thiophene rings is 1. The number of rotatable bonds is 5. The van der Waals surface area contributed by atoms with Gasteiger partial charge in [-0.1, -0.05) is 152 Å². The summed E-state index contributed by atoms with van der Waals surface area (Å²) in [6, 6.07) is 68.5. The van der Waals surface area contributed by atoms with Crippen molar-refractivity contribution in [1.29, 1.82) is 0 Å². The molecule has 2 heterocycles. The molecule has 50 heavy (non-hydrogen) atoms. The van der Waals surface area contributed by atoms with E-state index in [4.69, 9.17) is 0 Å². The second-order valence-electron chi connectivity index (χ2n) is 12.9. The third-order valence-electron chi connectivity index (χ3n) is 10.0. The Morgan fingerprint density at radius 1 is 0.340 bits per heavy atom. The van der Waals surface area contributed by atoms with Gasteiger partial charge in [0.25, 0.3) is 0 Å². The molecule has 0 N–H and O–H groups in total. The van der Waals surface area contributed by atoms with Crippen molar-refractivity contribution in [3.8, 4) is 50.2 Å². The molecule has 2 aromatic heterocycles. The van der Waals surface area contributed by atoms with Gasteiger partial charge in [0.05, 0.1) is 11.0 Å². The van der Waals surface area contributed by atoms with E-state index in [1.165, 1.54) is 86.5 Å². The van der Waals surface area contributed by atoms with Crippen LogP contribution in [0, 0.1) is 0 Å². The van der Waals surface area contributed by atoms with Crippen molar-refractivity contribution in [1.82, 2.24) is 4.57 Å². The molecule has 0 atom stereocenters. The Bertz CT molecular complexity index is 2810. The van der Waals surface area contributed by atoms with Crippen LogP contribution in [0.3, 0.4) is 0 Å². The maximum absolute atomic E-state index is 2.48. The molecule has 0 aliphatic carbocycles. The number of para-hydroxylation sites is 1. The number of nitrogens with zero attached hydrogens (tertiary/aromatic N) is 1. The van der Waals surface area contributed by atoms with Gasteiger partial charge >= 0.3 is 0 Å². The smallest absolute Gasteiger partial charge is 0.0554 e. The first kappa shape index (κ1) is 28.8. The lowest BCUT2D eigenvalue weighted by Crippen LogP contribution is -1.94. The average molecular weight is 654 g/mol. The molecule has 10 rings (SSSR count). The highest BCUT2D eigenvalue weighted by Gasteiger charge is 2.22. The van der Waals surface area contributed by atoms with Crippen molar-refractivity contribution >= 4 is 53.3 Å². The van der Waals surface area contributed by atoms with Crippen LogP contribution in [0.25, 0.3) is 92.2 Å². The van der Waals surface area contributed by atoms with Gasteiger partial charge in [0.2, 0.25) is 0 Å². The highest BCUT2D eigenvalue weighted by atomic mass is 32.1. The van der Waals surface area contributed by atoms with Gasteiger partial charge in [-0.3, -0.25) is 0 Å². The number of aromatic nitrogens is 1. The molecule has 8 aromatic carbocycles. The third-order valence-corrected chi connectivity index (χ3v) is 11.2. The van der Waals surface area contributed by atoms with E-state index in [0.29, 0.717) is 0 Å².